The number of allylic oxidation sites excluding steroid dienone is 1. The highest BCUT2D eigenvalue weighted by atomic mass is 28.2. The van der Waals surface area contributed by atoms with Crippen molar-refractivity contribution in [1.82, 2.24) is 0 Å². The van der Waals surface area contributed by atoms with Crippen LogP contribution in [0.15, 0.2) is 12.7 Å². The average Bonchev–Trinajstić information content (AvgIpc) is 1.89. The molecule has 0 aromatic heterocycles. The second-order valence-electron chi connectivity index (χ2n) is 3.23. The van der Waals surface area contributed by atoms with E-state index >= 15 is 0 Å². The molecule has 10 heavy (non-hydrogen) atoms. The first-order chi connectivity index (χ1) is 4.54. The maximum atomic E-state index is 5.44. The second kappa shape index (κ2) is 3.94. The van der Waals surface area contributed by atoms with Gasteiger partial charge in [0.1, 0.15) is 10.5 Å². The zero-order chi connectivity index (χ0) is 8.20. The van der Waals surface area contributed by atoms with Crippen LogP contribution in [0.25, 0.3) is 0 Å². The minimum absolute atomic E-state index is 0.0421. The Balaban J connectivity index is 3.89. The Morgan fingerprint density at radius 3 is 2.50 bits per heavy atom. The van der Waals surface area contributed by atoms with E-state index in [1.807, 2.05) is 6.08 Å². The predicted molar refractivity (Wildman–Crippen MR) is 49.1 cm³/mol. The molecule has 0 N–H and O–H groups in total. The van der Waals surface area contributed by atoms with Crippen molar-refractivity contribution in [2.45, 2.75) is 32.8 Å². The molecule has 0 aliphatic carbocycles. The van der Waals surface area contributed by atoms with Crippen LogP contribution in [0.5, 0.6) is 0 Å². The summed E-state index contributed by atoms with van der Waals surface area (Å²) in [7, 11) is 0.818. The van der Waals surface area contributed by atoms with Gasteiger partial charge in [0.15, 0.2) is 0 Å². The fourth-order valence-corrected chi connectivity index (χ4v) is 1.14. The molecule has 0 radical (unpaired) electrons. The van der Waals surface area contributed by atoms with Crippen LogP contribution in [-0.4, -0.2) is 16.1 Å². The van der Waals surface area contributed by atoms with Crippen molar-refractivity contribution in [2.75, 3.05) is 0 Å². The first-order valence-electron chi connectivity index (χ1n) is 3.70. The Labute approximate surface area is 67.0 Å². The first-order valence-corrected chi connectivity index (χ1v) is 4.52. The predicted octanol–water partition coefficient (Wildman–Crippen LogP) is 1.27. The summed E-state index contributed by atoms with van der Waals surface area (Å²) in [4.78, 5) is 0. The summed E-state index contributed by atoms with van der Waals surface area (Å²) in [5.41, 5.74) is 0.0421. The van der Waals surface area contributed by atoms with E-state index in [9.17, 15) is 0 Å². The highest BCUT2D eigenvalue weighted by Gasteiger charge is 2.22. The summed E-state index contributed by atoms with van der Waals surface area (Å²) < 4.78 is 5.44. The van der Waals surface area contributed by atoms with Gasteiger partial charge in [-0.2, -0.15) is 0 Å². The van der Waals surface area contributed by atoms with Gasteiger partial charge in [0.2, 0.25) is 0 Å². The third-order valence-corrected chi connectivity index (χ3v) is 3.29. The van der Waals surface area contributed by atoms with E-state index in [1.54, 1.807) is 0 Å². The lowest BCUT2D eigenvalue weighted by molar-refractivity contribution is 0.0632. The summed E-state index contributed by atoms with van der Waals surface area (Å²) >= 11 is 0. The Hall–Kier alpha value is -0.0831. The summed E-state index contributed by atoms with van der Waals surface area (Å²) in [6.07, 6.45) is 2.99. The van der Waals surface area contributed by atoms with Crippen LogP contribution >= 0.6 is 0 Å². The molecule has 0 saturated carbocycles. The second-order valence-corrected chi connectivity index (χ2v) is 3.64. The Morgan fingerprint density at radius 2 is 2.20 bits per heavy atom. The molecule has 0 aromatic carbocycles. The Bertz CT molecular complexity index is 110. The Kier molecular flexibility index (Phi) is 3.90. The van der Waals surface area contributed by atoms with Crippen LogP contribution < -0.4 is 0 Å². The van der Waals surface area contributed by atoms with Crippen molar-refractivity contribution in [1.29, 1.82) is 0 Å². The highest BCUT2D eigenvalue weighted by molar-refractivity contribution is 5.98. The van der Waals surface area contributed by atoms with Crippen LogP contribution in [0.2, 0.25) is 0 Å². The zero-order valence-corrected chi connectivity index (χ0v) is 9.48. The third-order valence-electron chi connectivity index (χ3n) is 2.23. The van der Waals surface area contributed by atoms with Gasteiger partial charge in [-0.15, -0.1) is 6.58 Å². The molecule has 0 rings (SSSR count). The normalized spacial score (nSPS) is 15.1. The molecule has 60 valence electrons. The fourth-order valence-electron chi connectivity index (χ4n) is 0.735. The molecule has 0 aliphatic heterocycles. The van der Waals surface area contributed by atoms with E-state index in [2.05, 4.69) is 27.4 Å². The Morgan fingerprint density at radius 1 is 1.70 bits per heavy atom. The average molecular weight is 158 g/mol. The topological polar surface area (TPSA) is 9.23 Å². The smallest absolute Gasteiger partial charge is 0.146 e. The fraction of sp³-hybridized carbons (Fsp3) is 0.750. The molecule has 0 amide bonds. The molecule has 0 aliphatic rings. The zero-order valence-electron chi connectivity index (χ0n) is 7.48. The molecule has 0 heterocycles. The van der Waals surface area contributed by atoms with Gasteiger partial charge in [0.05, 0.1) is 5.60 Å². The van der Waals surface area contributed by atoms with Gasteiger partial charge >= 0.3 is 0 Å². The molecular formula is C8H18OSi. The lowest BCUT2D eigenvalue weighted by Crippen LogP contribution is -2.31. The quantitative estimate of drug-likeness (QED) is 0.442. The monoisotopic (exact) mass is 158 g/mol. The lowest BCUT2D eigenvalue weighted by Gasteiger charge is -2.30. The molecule has 0 fully saturated rings. The minimum atomic E-state index is 0.0421. The SMILES string of the molecule is C=CCC(C)C(C)(C)O[SiH3]. The molecule has 1 nitrogen and oxygen atoms in total. The van der Waals surface area contributed by atoms with Crippen molar-refractivity contribution >= 4 is 10.5 Å². The van der Waals surface area contributed by atoms with E-state index in [0.717, 1.165) is 16.9 Å². The van der Waals surface area contributed by atoms with Crippen LogP contribution in [0.1, 0.15) is 27.2 Å². The summed E-state index contributed by atoms with van der Waals surface area (Å²) in [6, 6.07) is 0. The van der Waals surface area contributed by atoms with Gasteiger partial charge in [0, 0.05) is 0 Å². The summed E-state index contributed by atoms with van der Waals surface area (Å²) in [5, 5.41) is 0. The van der Waals surface area contributed by atoms with Crippen molar-refractivity contribution in [3.63, 3.8) is 0 Å². The van der Waals surface area contributed by atoms with Gasteiger partial charge in [-0.3, -0.25) is 0 Å². The summed E-state index contributed by atoms with van der Waals surface area (Å²) in [5.74, 6) is 0.572. The third kappa shape index (κ3) is 2.67. The van der Waals surface area contributed by atoms with E-state index in [-0.39, 0.29) is 5.60 Å². The van der Waals surface area contributed by atoms with Crippen LogP contribution in [0.3, 0.4) is 0 Å². The number of hydrogen-bond acceptors (Lipinski definition) is 1. The standard InChI is InChI=1S/C8H18OSi/c1-5-6-7(2)8(3,4)9-10/h5,7H,1,6H2,2-4,10H3. The van der Waals surface area contributed by atoms with Crippen LogP contribution in [0.4, 0.5) is 0 Å². The maximum absolute atomic E-state index is 5.44. The van der Waals surface area contributed by atoms with Gasteiger partial charge in [-0.1, -0.05) is 13.0 Å². The highest BCUT2D eigenvalue weighted by Crippen LogP contribution is 2.22. The summed E-state index contributed by atoms with van der Waals surface area (Å²) in [6.45, 7) is 10.2. The molecular weight excluding hydrogens is 140 g/mol. The molecule has 0 aromatic rings. The molecule has 0 saturated heterocycles. The first kappa shape index (κ1) is 9.92. The molecule has 0 spiro atoms. The van der Waals surface area contributed by atoms with Crippen LogP contribution in [-0.2, 0) is 4.43 Å². The maximum Gasteiger partial charge on any atom is 0.146 e. The van der Waals surface area contributed by atoms with E-state index in [4.69, 9.17) is 4.43 Å². The van der Waals surface area contributed by atoms with Gasteiger partial charge in [0.25, 0.3) is 0 Å². The minimum Gasteiger partial charge on any atom is -0.423 e. The van der Waals surface area contributed by atoms with Gasteiger partial charge in [-0.05, 0) is 26.2 Å². The van der Waals surface area contributed by atoms with Gasteiger partial charge in [-0.25, -0.2) is 0 Å². The molecule has 1 atom stereocenters. The van der Waals surface area contributed by atoms with Crippen molar-refractivity contribution < 1.29 is 4.43 Å². The van der Waals surface area contributed by atoms with Crippen LogP contribution in [0, 0.1) is 5.92 Å². The van der Waals surface area contributed by atoms with Crippen molar-refractivity contribution in [2.24, 2.45) is 5.92 Å². The lowest BCUT2D eigenvalue weighted by atomic mass is 9.90. The molecule has 0 bridgehead atoms. The number of rotatable bonds is 4. The van der Waals surface area contributed by atoms with E-state index < -0.39 is 0 Å². The largest absolute Gasteiger partial charge is 0.423 e. The molecule has 2 heteroatoms. The van der Waals surface area contributed by atoms with Crippen molar-refractivity contribution in [3.05, 3.63) is 12.7 Å². The van der Waals surface area contributed by atoms with E-state index in [1.165, 1.54) is 0 Å². The number of hydrogen-bond donors (Lipinski definition) is 0. The van der Waals surface area contributed by atoms with Gasteiger partial charge < -0.3 is 4.43 Å². The van der Waals surface area contributed by atoms with E-state index in [0.29, 0.717) is 5.92 Å². The molecule has 1 unspecified atom stereocenters. The van der Waals surface area contributed by atoms with Crippen molar-refractivity contribution in [3.8, 4) is 0 Å².